The maximum Gasteiger partial charge on any atom is 0.269 e. The number of nitrogens with zero attached hydrogens (tertiary/aromatic N) is 1. The molecule has 106 valence electrons. The Morgan fingerprint density at radius 1 is 1.47 bits per heavy atom. The summed E-state index contributed by atoms with van der Waals surface area (Å²) in [5.41, 5.74) is 3.72. The molecule has 0 aromatic heterocycles. The molecular weight excluding hydrogens is 290 g/mol. The maximum absolute atomic E-state index is 11.0. The van der Waals surface area contributed by atoms with E-state index >= 15 is 0 Å². The van der Waals surface area contributed by atoms with E-state index < -0.39 is 14.8 Å². The predicted molar refractivity (Wildman–Crippen MR) is 76.8 cm³/mol. The Labute approximate surface area is 115 Å². The number of nitrogens with two attached hydrogens (primary N) is 1. The van der Waals surface area contributed by atoms with E-state index in [1.807, 2.05) is 0 Å². The molecule has 0 radical (unpaired) electrons. The molecular formula is C10H15N3O4S2. The van der Waals surface area contributed by atoms with Gasteiger partial charge >= 0.3 is 0 Å². The van der Waals surface area contributed by atoms with Gasteiger partial charge in [0.2, 0.25) is 0 Å². The number of hydrazine groups is 1. The number of benzene rings is 1. The fraction of sp³-hybridized carbons (Fsp3) is 0.400. The van der Waals surface area contributed by atoms with Crippen molar-refractivity contribution >= 4 is 33.0 Å². The van der Waals surface area contributed by atoms with Crippen LogP contribution in [0.25, 0.3) is 0 Å². The van der Waals surface area contributed by atoms with Crippen LogP contribution in [0.15, 0.2) is 18.2 Å². The van der Waals surface area contributed by atoms with Crippen molar-refractivity contribution in [3.05, 3.63) is 33.9 Å². The molecule has 19 heavy (non-hydrogen) atoms. The fourth-order valence-electron chi connectivity index (χ4n) is 1.35. The lowest BCUT2D eigenvalue weighted by Crippen LogP contribution is -2.10. The first-order valence-electron chi connectivity index (χ1n) is 5.33. The summed E-state index contributed by atoms with van der Waals surface area (Å²) in [4.78, 5) is 10.2. The van der Waals surface area contributed by atoms with Crippen LogP contribution < -0.4 is 11.3 Å². The first-order chi connectivity index (χ1) is 8.83. The molecule has 0 saturated heterocycles. The lowest BCUT2D eigenvalue weighted by molar-refractivity contribution is -0.384. The van der Waals surface area contributed by atoms with E-state index in [4.69, 9.17) is 5.84 Å². The van der Waals surface area contributed by atoms with E-state index in [9.17, 15) is 18.5 Å². The van der Waals surface area contributed by atoms with Crippen LogP contribution in [-0.2, 0) is 15.6 Å². The molecule has 1 rings (SSSR count). The summed E-state index contributed by atoms with van der Waals surface area (Å²) in [5, 5.41) is 10.7. The summed E-state index contributed by atoms with van der Waals surface area (Å²) < 4.78 is 21.9. The van der Waals surface area contributed by atoms with Gasteiger partial charge in [0.1, 0.15) is 9.84 Å². The molecule has 0 aliphatic rings. The van der Waals surface area contributed by atoms with Crippen molar-refractivity contribution in [2.75, 3.05) is 23.2 Å². The molecule has 0 atom stereocenters. The summed E-state index contributed by atoms with van der Waals surface area (Å²) in [6.45, 7) is 0. The van der Waals surface area contributed by atoms with E-state index in [1.165, 1.54) is 36.2 Å². The van der Waals surface area contributed by atoms with Crippen molar-refractivity contribution in [2.24, 2.45) is 5.84 Å². The number of anilines is 1. The first kappa shape index (κ1) is 15.7. The summed E-state index contributed by atoms with van der Waals surface area (Å²) in [7, 11) is -2.99. The Hall–Kier alpha value is -1.32. The number of hydrogen-bond acceptors (Lipinski definition) is 7. The van der Waals surface area contributed by atoms with Crippen molar-refractivity contribution in [1.82, 2.24) is 0 Å². The molecule has 0 heterocycles. The molecule has 1 aromatic rings. The zero-order chi connectivity index (χ0) is 14.5. The largest absolute Gasteiger partial charge is 0.324 e. The zero-order valence-electron chi connectivity index (χ0n) is 10.3. The van der Waals surface area contributed by atoms with E-state index in [-0.39, 0.29) is 11.4 Å². The van der Waals surface area contributed by atoms with Gasteiger partial charge in [-0.1, -0.05) is 0 Å². The second-order valence-electron chi connectivity index (χ2n) is 3.93. The van der Waals surface area contributed by atoms with Crippen LogP contribution in [0.5, 0.6) is 0 Å². The van der Waals surface area contributed by atoms with E-state index in [1.54, 1.807) is 0 Å². The number of nitro benzene ring substituents is 1. The van der Waals surface area contributed by atoms with Gasteiger partial charge in [-0.25, -0.2) is 8.42 Å². The molecule has 0 bridgehead atoms. The standard InChI is InChI=1S/C10H15N3O4S2/c1-19(16,17)5-4-18-7-8-6-9(13(14)15)2-3-10(8)12-11/h2-3,6,12H,4-5,7,11H2,1H3. The molecule has 0 amide bonds. The molecule has 0 unspecified atom stereocenters. The highest BCUT2D eigenvalue weighted by atomic mass is 32.2. The van der Waals surface area contributed by atoms with Crippen molar-refractivity contribution < 1.29 is 13.3 Å². The Balaban J connectivity index is 2.70. The van der Waals surface area contributed by atoms with Crippen LogP contribution in [0.3, 0.4) is 0 Å². The topological polar surface area (TPSA) is 115 Å². The van der Waals surface area contributed by atoms with Crippen LogP contribution >= 0.6 is 11.8 Å². The van der Waals surface area contributed by atoms with E-state index in [0.717, 1.165) is 0 Å². The first-order valence-corrected chi connectivity index (χ1v) is 8.54. The molecule has 3 N–H and O–H groups in total. The van der Waals surface area contributed by atoms with Gasteiger partial charge in [-0.3, -0.25) is 16.0 Å². The molecule has 0 aliphatic heterocycles. The van der Waals surface area contributed by atoms with Gasteiger partial charge < -0.3 is 5.43 Å². The molecule has 9 heteroatoms. The molecule has 0 fully saturated rings. The van der Waals surface area contributed by atoms with Crippen molar-refractivity contribution in [3.63, 3.8) is 0 Å². The van der Waals surface area contributed by atoms with Crippen LogP contribution in [0.2, 0.25) is 0 Å². The number of nitrogens with one attached hydrogen (secondary N) is 1. The summed E-state index contributed by atoms with van der Waals surface area (Å²) >= 11 is 1.39. The normalized spacial score (nSPS) is 11.3. The molecule has 7 nitrogen and oxygen atoms in total. The Kier molecular flexibility index (Phi) is 5.58. The quantitative estimate of drug-likeness (QED) is 0.336. The Morgan fingerprint density at radius 2 is 2.16 bits per heavy atom. The van der Waals surface area contributed by atoms with Gasteiger partial charge in [0.25, 0.3) is 5.69 Å². The lowest BCUT2D eigenvalue weighted by Gasteiger charge is -2.08. The maximum atomic E-state index is 11.0. The number of nitro groups is 1. The summed E-state index contributed by atoms with van der Waals surface area (Å²) in [6, 6.07) is 4.33. The number of nitrogen functional groups attached to an aromatic ring is 1. The minimum Gasteiger partial charge on any atom is -0.324 e. The number of rotatable bonds is 7. The molecule has 0 saturated carbocycles. The SMILES string of the molecule is CS(=O)(=O)CCSCc1cc([N+](=O)[O-])ccc1NN. The second-order valence-corrected chi connectivity index (χ2v) is 7.29. The van der Waals surface area contributed by atoms with Gasteiger partial charge in [-0.15, -0.1) is 0 Å². The molecule has 1 aromatic carbocycles. The van der Waals surface area contributed by atoms with Crippen LogP contribution in [0.4, 0.5) is 11.4 Å². The van der Waals surface area contributed by atoms with Crippen LogP contribution in [0.1, 0.15) is 5.56 Å². The minimum absolute atomic E-state index is 0.0160. The Morgan fingerprint density at radius 3 is 2.68 bits per heavy atom. The number of thioether (sulfide) groups is 1. The third kappa shape index (κ3) is 5.45. The number of non-ortho nitro benzene ring substituents is 1. The minimum atomic E-state index is -2.99. The summed E-state index contributed by atoms with van der Waals surface area (Å²) in [6.07, 6.45) is 1.17. The fourth-order valence-corrected chi connectivity index (χ4v) is 3.63. The summed E-state index contributed by atoms with van der Waals surface area (Å²) in [5.74, 6) is 6.30. The third-order valence-corrected chi connectivity index (χ3v) is 4.52. The smallest absolute Gasteiger partial charge is 0.269 e. The van der Waals surface area contributed by atoms with Gasteiger partial charge in [0.05, 0.1) is 16.4 Å². The van der Waals surface area contributed by atoms with Gasteiger partial charge in [-0.05, 0) is 11.6 Å². The molecule has 0 aliphatic carbocycles. The number of sulfone groups is 1. The predicted octanol–water partition coefficient (Wildman–Crippen LogP) is 1.16. The highest BCUT2D eigenvalue weighted by Crippen LogP contribution is 2.25. The van der Waals surface area contributed by atoms with Crippen LogP contribution in [0, 0.1) is 10.1 Å². The number of hydrogen-bond donors (Lipinski definition) is 2. The highest BCUT2D eigenvalue weighted by molar-refractivity contribution is 7.99. The van der Waals surface area contributed by atoms with Crippen molar-refractivity contribution in [3.8, 4) is 0 Å². The van der Waals surface area contributed by atoms with Gasteiger partial charge in [0, 0.05) is 29.9 Å². The average molecular weight is 305 g/mol. The van der Waals surface area contributed by atoms with Crippen molar-refractivity contribution in [2.45, 2.75) is 5.75 Å². The van der Waals surface area contributed by atoms with Gasteiger partial charge in [0.15, 0.2) is 0 Å². The zero-order valence-corrected chi connectivity index (χ0v) is 12.0. The second kappa shape index (κ2) is 6.73. The lowest BCUT2D eigenvalue weighted by atomic mass is 10.2. The Bertz CT molecular complexity index is 560. The third-order valence-electron chi connectivity index (χ3n) is 2.31. The van der Waals surface area contributed by atoms with E-state index in [0.29, 0.717) is 22.8 Å². The van der Waals surface area contributed by atoms with Crippen molar-refractivity contribution in [1.29, 1.82) is 0 Å². The van der Waals surface area contributed by atoms with E-state index in [2.05, 4.69) is 5.43 Å². The highest BCUT2D eigenvalue weighted by Gasteiger charge is 2.10. The monoisotopic (exact) mass is 305 g/mol. The van der Waals surface area contributed by atoms with Gasteiger partial charge in [-0.2, -0.15) is 11.8 Å². The van der Waals surface area contributed by atoms with Crippen LogP contribution in [-0.4, -0.2) is 31.1 Å². The molecule has 0 spiro atoms. The average Bonchev–Trinajstić information content (AvgIpc) is 2.33.